The molecule has 0 atom stereocenters. The molecule has 1 aromatic carbocycles. The molecule has 15 heavy (non-hydrogen) atoms. The minimum Gasteiger partial charge on any atom is -0.330 e. The van der Waals surface area contributed by atoms with Gasteiger partial charge < -0.3 is 5.73 Å². The number of nitrogens with one attached hydrogen (secondary N) is 1. The molecule has 0 spiro atoms. The molecule has 84 valence electrons. The second-order valence-corrected chi connectivity index (χ2v) is 5.38. The standard InChI is InChI=1S/C9H13ClN2O2S/c1-15(13,14)12-9-3-2-7(4-5-11)6-8(9)10/h2-3,6,12H,4-5,11H2,1H3. The van der Waals surface area contributed by atoms with Gasteiger partial charge in [0.05, 0.1) is 17.0 Å². The number of rotatable bonds is 4. The van der Waals surface area contributed by atoms with E-state index in [1.807, 2.05) is 0 Å². The fraction of sp³-hybridized carbons (Fsp3) is 0.333. The van der Waals surface area contributed by atoms with Crippen molar-refractivity contribution in [3.8, 4) is 0 Å². The molecular weight excluding hydrogens is 236 g/mol. The smallest absolute Gasteiger partial charge is 0.229 e. The van der Waals surface area contributed by atoms with E-state index in [4.69, 9.17) is 17.3 Å². The Morgan fingerprint density at radius 3 is 2.60 bits per heavy atom. The molecule has 4 nitrogen and oxygen atoms in total. The molecule has 0 fully saturated rings. The highest BCUT2D eigenvalue weighted by atomic mass is 35.5. The first-order valence-electron chi connectivity index (χ1n) is 4.38. The maximum atomic E-state index is 11.0. The van der Waals surface area contributed by atoms with Crippen LogP contribution in [0.15, 0.2) is 18.2 Å². The van der Waals surface area contributed by atoms with Gasteiger partial charge in [0.25, 0.3) is 0 Å². The van der Waals surface area contributed by atoms with Gasteiger partial charge in [-0.05, 0) is 30.7 Å². The van der Waals surface area contributed by atoms with Gasteiger partial charge in [-0.3, -0.25) is 4.72 Å². The molecular formula is C9H13ClN2O2S. The zero-order valence-corrected chi connectivity index (χ0v) is 9.90. The van der Waals surface area contributed by atoms with Gasteiger partial charge in [0.1, 0.15) is 0 Å². The molecule has 0 saturated carbocycles. The summed E-state index contributed by atoms with van der Waals surface area (Å²) in [6.45, 7) is 0.537. The van der Waals surface area contributed by atoms with E-state index in [9.17, 15) is 8.42 Å². The van der Waals surface area contributed by atoms with Crippen LogP contribution < -0.4 is 10.5 Å². The first-order valence-corrected chi connectivity index (χ1v) is 6.65. The highest BCUT2D eigenvalue weighted by molar-refractivity contribution is 7.92. The van der Waals surface area contributed by atoms with Gasteiger partial charge in [0.2, 0.25) is 10.0 Å². The van der Waals surface area contributed by atoms with Crippen LogP contribution in [-0.2, 0) is 16.4 Å². The second-order valence-electron chi connectivity index (χ2n) is 3.23. The molecule has 3 N–H and O–H groups in total. The van der Waals surface area contributed by atoms with Crippen LogP contribution in [0, 0.1) is 0 Å². The van der Waals surface area contributed by atoms with Crippen molar-refractivity contribution in [3.05, 3.63) is 28.8 Å². The van der Waals surface area contributed by atoms with Crippen molar-refractivity contribution < 1.29 is 8.42 Å². The lowest BCUT2D eigenvalue weighted by Crippen LogP contribution is -2.10. The molecule has 0 radical (unpaired) electrons. The summed E-state index contributed by atoms with van der Waals surface area (Å²) >= 11 is 5.90. The summed E-state index contributed by atoms with van der Waals surface area (Å²) in [4.78, 5) is 0. The van der Waals surface area contributed by atoms with Crippen molar-refractivity contribution in [2.24, 2.45) is 5.73 Å². The molecule has 1 rings (SSSR count). The van der Waals surface area contributed by atoms with Gasteiger partial charge in [-0.2, -0.15) is 0 Å². The molecule has 0 amide bonds. The Balaban J connectivity index is 2.93. The Bertz CT molecular complexity index is 445. The molecule has 0 aliphatic heterocycles. The van der Waals surface area contributed by atoms with Crippen LogP contribution in [0.1, 0.15) is 5.56 Å². The summed E-state index contributed by atoms with van der Waals surface area (Å²) in [7, 11) is -3.28. The summed E-state index contributed by atoms with van der Waals surface area (Å²) in [6.07, 6.45) is 1.80. The third-order valence-corrected chi connectivity index (χ3v) is 2.67. The van der Waals surface area contributed by atoms with Crippen molar-refractivity contribution in [2.75, 3.05) is 17.5 Å². The van der Waals surface area contributed by atoms with Crippen molar-refractivity contribution in [3.63, 3.8) is 0 Å². The SMILES string of the molecule is CS(=O)(=O)Nc1ccc(CCN)cc1Cl. The number of anilines is 1. The average molecular weight is 249 g/mol. The zero-order chi connectivity index (χ0) is 11.5. The number of hydrogen-bond acceptors (Lipinski definition) is 3. The van der Waals surface area contributed by atoms with Crippen molar-refractivity contribution in [1.82, 2.24) is 0 Å². The molecule has 0 unspecified atom stereocenters. The summed E-state index contributed by atoms with van der Waals surface area (Å²) in [5.74, 6) is 0. The summed E-state index contributed by atoms with van der Waals surface area (Å²) in [6, 6.07) is 5.14. The highest BCUT2D eigenvalue weighted by Crippen LogP contribution is 2.23. The third kappa shape index (κ3) is 4.07. The Hall–Kier alpha value is -0.780. The molecule has 0 aromatic heterocycles. The van der Waals surface area contributed by atoms with Gasteiger partial charge in [0.15, 0.2) is 0 Å². The van der Waals surface area contributed by atoms with Crippen LogP contribution in [0.25, 0.3) is 0 Å². The van der Waals surface area contributed by atoms with Gasteiger partial charge in [0, 0.05) is 0 Å². The molecule has 0 aliphatic rings. The fourth-order valence-corrected chi connectivity index (χ4v) is 2.05. The third-order valence-electron chi connectivity index (χ3n) is 1.76. The van der Waals surface area contributed by atoms with Gasteiger partial charge in [-0.1, -0.05) is 17.7 Å². The Labute approximate surface area is 94.5 Å². The minimum atomic E-state index is -3.28. The topological polar surface area (TPSA) is 72.2 Å². The van der Waals surface area contributed by atoms with E-state index in [-0.39, 0.29) is 0 Å². The fourth-order valence-electron chi connectivity index (χ4n) is 1.16. The van der Waals surface area contributed by atoms with Crippen LogP contribution in [0.3, 0.4) is 0 Å². The second kappa shape index (κ2) is 4.83. The van der Waals surface area contributed by atoms with E-state index in [0.29, 0.717) is 17.3 Å². The van der Waals surface area contributed by atoms with E-state index in [1.54, 1.807) is 18.2 Å². The van der Waals surface area contributed by atoms with Crippen LogP contribution in [0.5, 0.6) is 0 Å². The van der Waals surface area contributed by atoms with E-state index in [0.717, 1.165) is 18.2 Å². The molecule has 0 aliphatic carbocycles. The van der Waals surface area contributed by atoms with E-state index >= 15 is 0 Å². The van der Waals surface area contributed by atoms with Crippen LogP contribution in [0.2, 0.25) is 5.02 Å². The first kappa shape index (κ1) is 12.3. The van der Waals surface area contributed by atoms with Gasteiger partial charge in [-0.25, -0.2) is 8.42 Å². The lowest BCUT2D eigenvalue weighted by atomic mass is 10.1. The normalized spacial score (nSPS) is 11.4. The van der Waals surface area contributed by atoms with Gasteiger partial charge >= 0.3 is 0 Å². The average Bonchev–Trinajstić information content (AvgIpc) is 2.08. The van der Waals surface area contributed by atoms with Crippen molar-refractivity contribution in [1.29, 1.82) is 0 Å². The number of halogens is 1. The largest absolute Gasteiger partial charge is 0.330 e. The minimum absolute atomic E-state index is 0.381. The summed E-state index contributed by atoms with van der Waals surface area (Å²) < 4.78 is 24.3. The van der Waals surface area contributed by atoms with Crippen LogP contribution in [-0.4, -0.2) is 21.2 Å². The Morgan fingerprint density at radius 1 is 1.47 bits per heavy atom. The molecule has 0 saturated heterocycles. The van der Waals surface area contributed by atoms with Gasteiger partial charge in [-0.15, -0.1) is 0 Å². The maximum absolute atomic E-state index is 11.0. The van der Waals surface area contributed by atoms with Crippen molar-refractivity contribution >= 4 is 27.3 Å². The highest BCUT2D eigenvalue weighted by Gasteiger charge is 2.06. The quantitative estimate of drug-likeness (QED) is 0.841. The Kier molecular flexibility index (Phi) is 3.96. The van der Waals surface area contributed by atoms with E-state index in [1.165, 1.54) is 0 Å². The molecule has 1 aromatic rings. The maximum Gasteiger partial charge on any atom is 0.229 e. The Morgan fingerprint density at radius 2 is 2.13 bits per heavy atom. The number of hydrogen-bond donors (Lipinski definition) is 2. The monoisotopic (exact) mass is 248 g/mol. The molecule has 0 bridgehead atoms. The predicted molar refractivity (Wildman–Crippen MR) is 62.7 cm³/mol. The van der Waals surface area contributed by atoms with E-state index < -0.39 is 10.0 Å². The predicted octanol–water partition coefficient (Wildman–Crippen LogP) is 1.21. The number of benzene rings is 1. The summed E-state index contributed by atoms with van der Waals surface area (Å²) in [5.41, 5.74) is 6.77. The van der Waals surface area contributed by atoms with Crippen LogP contribution in [0.4, 0.5) is 5.69 Å². The zero-order valence-electron chi connectivity index (χ0n) is 8.33. The lowest BCUT2D eigenvalue weighted by Gasteiger charge is -2.07. The lowest BCUT2D eigenvalue weighted by molar-refractivity contribution is 0.607. The van der Waals surface area contributed by atoms with Crippen LogP contribution >= 0.6 is 11.6 Å². The number of nitrogens with two attached hydrogens (primary N) is 1. The first-order chi connectivity index (χ1) is 6.92. The van der Waals surface area contributed by atoms with E-state index in [2.05, 4.69) is 4.72 Å². The molecule has 6 heteroatoms. The summed E-state index contributed by atoms with van der Waals surface area (Å²) in [5, 5.41) is 0.381. The molecule has 0 heterocycles. The van der Waals surface area contributed by atoms with Crippen molar-refractivity contribution in [2.45, 2.75) is 6.42 Å². The number of sulfonamides is 1.